The molecule has 1 fully saturated rings. The fourth-order valence-electron chi connectivity index (χ4n) is 4.88. The Labute approximate surface area is 243 Å². The molecule has 10 nitrogen and oxygen atoms in total. The van der Waals surface area contributed by atoms with E-state index >= 15 is 0 Å². The van der Waals surface area contributed by atoms with E-state index in [0.717, 1.165) is 35.4 Å². The lowest BCUT2D eigenvalue weighted by molar-refractivity contribution is 0.0724. The van der Waals surface area contributed by atoms with Crippen LogP contribution in [0.4, 0.5) is 14.6 Å². The predicted octanol–water partition coefficient (Wildman–Crippen LogP) is 4.04. The van der Waals surface area contributed by atoms with Crippen molar-refractivity contribution in [1.29, 1.82) is 0 Å². The number of carbonyl (C=O) groups is 1. The molecule has 1 aromatic heterocycles. The average Bonchev–Trinajstić information content (AvgIpc) is 3.49. The second kappa shape index (κ2) is 13.3. The molecular formula is C30H35F2N5O5. The Kier molecular flexibility index (Phi) is 9.33. The largest absolute Gasteiger partial charge is 0.507 e. The molecule has 1 amide bonds. The molecule has 1 saturated heterocycles. The van der Waals surface area contributed by atoms with Gasteiger partial charge in [0.15, 0.2) is 0 Å². The standard InChI is InChI=1S/C30H35F2N5O5/c1-36(2)11-13-41-30-34-23-8-10-37(16-22(23)28(35-30)33-21-9-12-40-18-21)29(39)26-24(38)14-20(27(31)32)15-25(26)42-17-19-6-4-3-5-7-19/h3-7,14-15,21,27,38H,8-13,16-18H2,1-2H3,(H,33,34,35). The molecule has 3 heterocycles. The summed E-state index contributed by atoms with van der Waals surface area (Å²) in [5.74, 6) is -0.643. The van der Waals surface area contributed by atoms with Crippen LogP contribution in [0.25, 0.3) is 0 Å². The third-order valence-corrected chi connectivity index (χ3v) is 7.17. The van der Waals surface area contributed by atoms with Gasteiger partial charge in [-0.25, -0.2) is 8.78 Å². The molecule has 1 atom stereocenters. The number of carbonyl (C=O) groups excluding carboxylic acids is 1. The van der Waals surface area contributed by atoms with Gasteiger partial charge in [0.1, 0.15) is 36.1 Å². The Bertz CT molecular complexity index is 1390. The van der Waals surface area contributed by atoms with Gasteiger partial charge in [-0.1, -0.05) is 30.3 Å². The molecule has 0 saturated carbocycles. The minimum atomic E-state index is -2.85. The van der Waals surface area contributed by atoms with E-state index in [9.17, 15) is 18.7 Å². The van der Waals surface area contributed by atoms with E-state index in [4.69, 9.17) is 14.2 Å². The van der Waals surface area contributed by atoms with Crippen LogP contribution in [0.5, 0.6) is 17.5 Å². The molecule has 2 N–H and O–H groups in total. The first-order valence-corrected chi connectivity index (χ1v) is 13.9. The van der Waals surface area contributed by atoms with Crippen LogP contribution in [-0.2, 0) is 24.3 Å². The number of halogens is 2. The summed E-state index contributed by atoms with van der Waals surface area (Å²) in [7, 11) is 3.90. The zero-order valence-electron chi connectivity index (χ0n) is 23.7. The Balaban J connectivity index is 1.42. The van der Waals surface area contributed by atoms with Gasteiger partial charge in [-0.3, -0.25) is 4.79 Å². The molecule has 2 aliphatic heterocycles. The highest BCUT2D eigenvalue weighted by molar-refractivity contribution is 6.00. The second-order valence-electron chi connectivity index (χ2n) is 10.6. The van der Waals surface area contributed by atoms with Crippen LogP contribution in [0.1, 0.15) is 45.6 Å². The lowest BCUT2D eigenvalue weighted by atomic mass is 10.0. The lowest BCUT2D eigenvalue weighted by Gasteiger charge is -2.31. The quantitative estimate of drug-likeness (QED) is 0.346. The van der Waals surface area contributed by atoms with Crippen molar-refractivity contribution in [3.05, 3.63) is 70.4 Å². The number of aromatic hydroxyl groups is 1. The summed E-state index contributed by atoms with van der Waals surface area (Å²) < 4.78 is 44.4. The van der Waals surface area contributed by atoms with Crippen molar-refractivity contribution >= 4 is 11.7 Å². The average molecular weight is 584 g/mol. The molecule has 0 radical (unpaired) electrons. The molecule has 12 heteroatoms. The Morgan fingerprint density at radius 1 is 1.21 bits per heavy atom. The first kappa shape index (κ1) is 29.5. The molecular weight excluding hydrogens is 548 g/mol. The number of phenols is 1. The number of amides is 1. The molecule has 3 aromatic rings. The van der Waals surface area contributed by atoms with Crippen molar-refractivity contribution in [1.82, 2.24) is 19.8 Å². The summed E-state index contributed by atoms with van der Waals surface area (Å²) in [6, 6.07) is 11.5. The summed E-state index contributed by atoms with van der Waals surface area (Å²) in [5.41, 5.74) is 1.68. The highest BCUT2D eigenvalue weighted by atomic mass is 19.3. The molecule has 224 valence electrons. The maximum absolute atomic E-state index is 13.9. The van der Waals surface area contributed by atoms with Gasteiger partial charge in [0, 0.05) is 37.2 Å². The summed E-state index contributed by atoms with van der Waals surface area (Å²) in [6.07, 6.45) is -1.62. The molecule has 0 aliphatic carbocycles. The molecule has 0 bridgehead atoms. The van der Waals surface area contributed by atoms with Crippen molar-refractivity contribution in [2.45, 2.75) is 38.5 Å². The van der Waals surface area contributed by atoms with E-state index in [2.05, 4.69) is 15.3 Å². The number of phenolic OH excluding ortho intramolecular Hbond substituents is 1. The number of aromatic nitrogens is 2. The maximum Gasteiger partial charge on any atom is 0.318 e. The number of hydrogen-bond acceptors (Lipinski definition) is 9. The third-order valence-electron chi connectivity index (χ3n) is 7.17. The normalized spacial score (nSPS) is 16.5. The number of nitrogens with one attached hydrogen (secondary N) is 1. The van der Waals surface area contributed by atoms with Crippen LogP contribution in [0.15, 0.2) is 42.5 Å². The Morgan fingerprint density at radius 3 is 2.74 bits per heavy atom. The minimum absolute atomic E-state index is 0.0397. The van der Waals surface area contributed by atoms with Gasteiger partial charge in [0.25, 0.3) is 12.3 Å². The molecule has 1 unspecified atom stereocenters. The highest BCUT2D eigenvalue weighted by Gasteiger charge is 2.31. The zero-order chi connectivity index (χ0) is 29.6. The molecule has 2 aromatic carbocycles. The van der Waals surface area contributed by atoms with E-state index < -0.39 is 23.6 Å². The van der Waals surface area contributed by atoms with Crippen molar-refractivity contribution in [2.24, 2.45) is 0 Å². The van der Waals surface area contributed by atoms with Gasteiger partial charge in [-0.15, -0.1) is 0 Å². The maximum atomic E-state index is 13.9. The number of ether oxygens (including phenoxy) is 3. The van der Waals surface area contributed by atoms with Gasteiger partial charge >= 0.3 is 6.01 Å². The smallest absolute Gasteiger partial charge is 0.318 e. The molecule has 2 aliphatic rings. The fraction of sp³-hybridized carbons (Fsp3) is 0.433. The van der Waals surface area contributed by atoms with E-state index in [0.29, 0.717) is 45.1 Å². The van der Waals surface area contributed by atoms with Gasteiger partial charge < -0.3 is 34.4 Å². The molecule has 5 rings (SSSR count). The van der Waals surface area contributed by atoms with E-state index in [-0.39, 0.29) is 36.5 Å². The Morgan fingerprint density at radius 2 is 2.02 bits per heavy atom. The molecule has 0 spiro atoms. The number of alkyl halides is 2. The van der Waals surface area contributed by atoms with Crippen LogP contribution in [0.2, 0.25) is 0 Å². The predicted molar refractivity (Wildman–Crippen MR) is 151 cm³/mol. The Hall–Kier alpha value is -4.03. The van der Waals surface area contributed by atoms with Gasteiger partial charge in [0.05, 0.1) is 24.9 Å². The zero-order valence-corrected chi connectivity index (χ0v) is 23.7. The highest BCUT2D eigenvalue weighted by Crippen LogP contribution is 2.37. The van der Waals surface area contributed by atoms with Crippen LogP contribution in [-0.4, -0.2) is 83.8 Å². The van der Waals surface area contributed by atoms with Gasteiger partial charge in [-0.05, 0) is 38.2 Å². The summed E-state index contributed by atoms with van der Waals surface area (Å²) in [6.45, 7) is 2.77. The summed E-state index contributed by atoms with van der Waals surface area (Å²) in [5, 5.41) is 14.2. The number of hydrogen-bond donors (Lipinski definition) is 2. The van der Waals surface area contributed by atoms with Crippen LogP contribution >= 0.6 is 0 Å². The SMILES string of the molecule is CN(C)CCOc1nc2c(c(NC3CCOC3)n1)CN(C(=O)c1c(O)cc(C(F)F)cc1OCc1ccccc1)CC2. The summed E-state index contributed by atoms with van der Waals surface area (Å²) >= 11 is 0. The van der Waals surface area contributed by atoms with Crippen LogP contribution in [0, 0.1) is 0 Å². The molecule has 42 heavy (non-hydrogen) atoms. The summed E-state index contributed by atoms with van der Waals surface area (Å²) in [4.78, 5) is 26.7. The van der Waals surface area contributed by atoms with E-state index in [1.54, 1.807) is 4.90 Å². The third kappa shape index (κ3) is 7.05. The first-order valence-electron chi connectivity index (χ1n) is 13.9. The van der Waals surface area contributed by atoms with Crippen molar-refractivity contribution in [2.75, 3.05) is 52.3 Å². The van der Waals surface area contributed by atoms with Gasteiger partial charge in [0.2, 0.25) is 0 Å². The number of rotatable bonds is 11. The monoisotopic (exact) mass is 583 g/mol. The lowest BCUT2D eigenvalue weighted by Crippen LogP contribution is -2.38. The van der Waals surface area contributed by atoms with Crippen LogP contribution < -0.4 is 14.8 Å². The number of likely N-dealkylation sites (N-methyl/N-ethyl adjacent to an activating group) is 1. The number of fused-ring (bicyclic) bond motifs is 1. The van der Waals surface area contributed by atoms with Crippen LogP contribution in [0.3, 0.4) is 0 Å². The first-order chi connectivity index (χ1) is 20.3. The second-order valence-corrected chi connectivity index (χ2v) is 10.6. The number of benzene rings is 2. The van der Waals surface area contributed by atoms with E-state index in [1.807, 2.05) is 49.3 Å². The fourth-order valence-corrected chi connectivity index (χ4v) is 4.88. The topological polar surface area (TPSA) is 109 Å². The van der Waals surface area contributed by atoms with Crippen molar-refractivity contribution < 1.29 is 32.9 Å². The number of nitrogens with zero attached hydrogens (tertiary/aromatic N) is 4. The van der Waals surface area contributed by atoms with E-state index in [1.165, 1.54) is 0 Å². The number of anilines is 1. The van der Waals surface area contributed by atoms with Crippen molar-refractivity contribution in [3.8, 4) is 17.5 Å². The van der Waals surface area contributed by atoms with Crippen molar-refractivity contribution in [3.63, 3.8) is 0 Å². The minimum Gasteiger partial charge on any atom is -0.507 e. The van der Waals surface area contributed by atoms with Gasteiger partial charge in [-0.2, -0.15) is 9.97 Å².